The third-order valence-corrected chi connectivity index (χ3v) is 10.5. The second-order valence-electron chi connectivity index (χ2n) is 12.1. The molecule has 5 rings (SSSR count). The van der Waals surface area contributed by atoms with Crippen molar-refractivity contribution in [1.82, 2.24) is 24.4 Å². The summed E-state index contributed by atoms with van der Waals surface area (Å²) < 4.78 is 73.8. The third kappa shape index (κ3) is 10.1. The van der Waals surface area contributed by atoms with Crippen LogP contribution >= 0.6 is 15.6 Å². The Hall–Kier alpha value is -4.84. The number of imidazole rings is 1. The number of rotatable bonds is 15. The number of hydrogen-bond acceptors (Lipinski definition) is 23. The van der Waals surface area contributed by atoms with E-state index in [1.165, 1.54) is 34.3 Å². The quantitative estimate of drug-likeness (QED) is 0.115. The molecule has 25 nitrogen and oxygen atoms in total. The van der Waals surface area contributed by atoms with Crippen molar-refractivity contribution in [2.75, 3.05) is 18.9 Å². The Morgan fingerprint density at radius 2 is 1.30 bits per heavy atom. The summed E-state index contributed by atoms with van der Waals surface area (Å²) in [4.78, 5) is 99.0. The van der Waals surface area contributed by atoms with Crippen LogP contribution in [0.4, 0.5) is 5.82 Å². The van der Waals surface area contributed by atoms with Crippen LogP contribution in [0.15, 0.2) is 36.7 Å². The van der Waals surface area contributed by atoms with Crippen molar-refractivity contribution >= 4 is 62.4 Å². The van der Waals surface area contributed by atoms with Crippen LogP contribution in [0.5, 0.6) is 0 Å². The fourth-order valence-corrected chi connectivity index (χ4v) is 7.92. The summed E-state index contributed by atoms with van der Waals surface area (Å²) in [5.41, 5.74) is 11.6. The summed E-state index contributed by atoms with van der Waals surface area (Å²) in [5, 5.41) is 0. The number of nitrogen functional groups attached to an aromatic ring is 1. The number of aromatic nitrogens is 4. The molecule has 10 atom stereocenters. The topological polar surface area (TPSA) is 348 Å². The number of primary amides is 1. The van der Waals surface area contributed by atoms with E-state index in [0.29, 0.717) is 0 Å². The van der Waals surface area contributed by atoms with E-state index < -0.39 is 108 Å². The lowest BCUT2D eigenvalue weighted by molar-refractivity contribution is -0.247. The van der Waals surface area contributed by atoms with Gasteiger partial charge in [0, 0.05) is 45.7 Å². The molecule has 0 aliphatic carbocycles. The summed E-state index contributed by atoms with van der Waals surface area (Å²) in [6.45, 7) is 1.99. The lowest BCUT2D eigenvalue weighted by Gasteiger charge is -2.32. The predicted molar refractivity (Wildman–Crippen MR) is 176 cm³/mol. The van der Waals surface area contributed by atoms with Gasteiger partial charge in [-0.15, -0.1) is 0 Å². The molecule has 1 amide bonds. The Morgan fingerprint density at radius 1 is 0.804 bits per heavy atom. The molecule has 4 N–H and O–H groups in total. The SMILES string of the molecule is CC(=O)OC1[C@@H](COP(=O)([O-])OP(=O)([O-])OC[C@H]2O[C@@H](n3cnc4c(N)ncnc43)[C@@H](OC(C)=O)C2OC(C)=O)O[C@@H](N2C=CCC(C(N)=O)=C2)[C@H]1OC(C)=O. The normalized spacial score (nSPS) is 28.2. The zero-order chi connectivity index (χ0) is 41.1. The smallest absolute Gasteiger partial charge is 0.303 e. The highest BCUT2D eigenvalue weighted by Gasteiger charge is 2.53. The van der Waals surface area contributed by atoms with Crippen molar-refractivity contribution in [2.45, 2.75) is 83.2 Å². The second-order valence-corrected chi connectivity index (χ2v) is 15.1. The van der Waals surface area contributed by atoms with E-state index in [4.69, 9.17) is 48.9 Å². The summed E-state index contributed by atoms with van der Waals surface area (Å²) in [7, 11) is -11.8. The second kappa shape index (κ2) is 17.1. The van der Waals surface area contributed by atoms with Gasteiger partial charge < -0.3 is 63.6 Å². The first-order valence-corrected chi connectivity index (χ1v) is 19.2. The number of phosphoric acid groups is 2. The molecular formula is C29H35N7O18P2-2. The van der Waals surface area contributed by atoms with Crippen LogP contribution in [-0.2, 0) is 74.9 Å². The van der Waals surface area contributed by atoms with Crippen molar-refractivity contribution in [1.29, 1.82) is 0 Å². The van der Waals surface area contributed by atoms with E-state index >= 15 is 0 Å². The number of esters is 4. The van der Waals surface area contributed by atoms with Crippen LogP contribution in [0.25, 0.3) is 11.2 Å². The molecule has 27 heteroatoms. The molecule has 3 aliphatic heterocycles. The summed E-state index contributed by atoms with van der Waals surface area (Å²) in [6.07, 6.45) is -5.02. The average molecular weight is 832 g/mol. The van der Waals surface area contributed by atoms with E-state index in [1.807, 2.05) is 0 Å². The molecule has 3 aliphatic rings. The van der Waals surface area contributed by atoms with Crippen molar-refractivity contribution in [3.63, 3.8) is 0 Å². The molecule has 0 radical (unpaired) electrons. The molecule has 306 valence electrons. The molecule has 0 saturated carbocycles. The first-order valence-electron chi connectivity index (χ1n) is 16.2. The Bertz CT molecular complexity index is 2030. The number of anilines is 1. The maximum absolute atomic E-state index is 12.9. The molecule has 2 saturated heterocycles. The maximum atomic E-state index is 12.9. The number of nitrogens with zero attached hydrogens (tertiary/aromatic N) is 5. The van der Waals surface area contributed by atoms with Crippen molar-refractivity contribution in [2.24, 2.45) is 5.73 Å². The summed E-state index contributed by atoms with van der Waals surface area (Å²) >= 11 is 0. The van der Waals surface area contributed by atoms with E-state index in [2.05, 4.69) is 19.3 Å². The monoisotopic (exact) mass is 831 g/mol. The molecule has 2 fully saturated rings. The standard InChI is InChI=1S/C29H37N7O18P2/c1-13(37)48-21-18(52-28(23(21)50-15(3)39)35-7-5-6-17(8-35)26(31)41)9-46-55(42,43)54-56(44,45)47-10-19-22(49-14(2)38)24(51-16(4)40)29(53-19)36-12-34-20-25(30)32-11-33-27(20)36/h5,7-8,11-12,18-19,21-24,28-29H,6,9-10H2,1-4H3,(H2,31,41)(H,42,43)(H,44,45)(H2,30,32,33)/p-2/t18-,19-,21?,22?,23+,24+,28-,29-/m1/s1. The van der Waals surface area contributed by atoms with Gasteiger partial charge in [0.25, 0.3) is 15.6 Å². The zero-order valence-electron chi connectivity index (χ0n) is 29.8. The van der Waals surface area contributed by atoms with Crippen LogP contribution in [0.1, 0.15) is 40.3 Å². The number of amides is 1. The Balaban J connectivity index is 1.30. The number of fused-ring (bicyclic) bond motifs is 1. The van der Waals surface area contributed by atoms with Crippen molar-refractivity contribution < 1.29 is 84.7 Å². The number of carbonyl (C=O) groups is 5. The molecule has 0 bridgehead atoms. The Kier molecular flexibility index (Phi) is 12.9. The van der Waals surface area contributed by atoms with Gasteiger partial charge in [-0.05, 0) is 6.42 Å². The number of hydrogen-bond donors (Lipinski definition) is 2. The highest BCUT2D eigenvalue weighted by atomic mass is 31.3. The first-order chi connectivity index (χ1) is 26.2. The van der Waals surface area contributed by atoms with Crippen molar-refractivity contribution in [3.8, 4) is 0 Å². The molecule has 56 heavy (non-hydrogen) atoms. The van der Waals surface area contributed by atoms with Gasteiger partial charge in [0.1, 0.15) is 24.1 Å². The van der Waals surface area contributed by atoms with E-state index in [-0.39, 0.29) is 29.0 Å². The molecule has 0 aromatic carbocycles. The number of nitrogens with two attached hydrogens (primary N) is 2. The van der Waals surface area contributed by atoms with Crippen LogP contribution in [0.3, 0.4) is 0 Å². The number of ether oxygens (including phenoxy) is 6. The minimum atomic E-state index is -5.88. The molecule has 5 heterocycles. The molecule has 2 aromatic heterocycles. The van der Waals surface area contributed by atoms with Gasteiger partial charge in [0.2, 0.25) is 5.91 Å². The van der Waals surface area contributed by atoms with Gasteiger partial charge in [-0.3, -0.25) is 37.7 Å². The number of phosphoric ester groups is 2. The molecule has 2 aromatic rings. The highest BCUT2D eigenvalue weighted by Crippen LogP contribution is 2.56. The Labute approximate surface area is 316 Å². The van der Waals surface area contributed by atoms with E-state index in [0.717, 1.165) is 34.0 Å². The largest absolute Gasteiger partial charge is 0.756 e. The van der Waals surface area contributed by atoms with Crippen LogP contribution in [-0.4, -0.2) is 110 Å². The van der Waals surface area contributed by atoms with E-state index in [1.54, 1.807) is 0 Å². The third-order valence-electron chi connectivity index (χ3n) is 7.96. The van der Waals surface area contributed by atoms with Crippen LogP contribution in [0, 0.1) is 0 Å². The van der Waals surface area contributed by atoms with Gasteiger partial charge in [0.15, 0.2) is 48.3 Å². The lowest BCUT2D eigenvalue weighted by atomic mass is 10.1. The van der Waals surface area contributed by atoms with E-state index in [9.17, 15) is 42.9 Å². The Morgan fingerprint density at radius 3 is 1.82 bits per heavy atom. The highest BCUT2D eigenvalue weighted by molar-refractivity contribution is 7.59. The summed E-state index contributed by atoms with van der Waals surface area (Å²) in [5.74, 6) is -4.29. The fourth-order valence-electron chi connectivity index (χ4n) is 5.91. The van der Waals surface area contributed by atoms with Gasteiger partial charge >= 0.3 is 23.9 Å². The molecular weight excluding hydrogens is 796 g/mol. The van der Waals surface area contributed by atoms with Crippen LogP contribution in [0.2, 0.25) is 0 Å². The average Bonchev–Trinajstić information content (AvgIpc) is 3.76. The zero-order valence-corrected chi connectivity index (χ0v) is 31.5. The van der Waals surface area contributed by atoms with Gasteiger partial charge in [-0.2, -0.15) is 0 Å². The minimum absolute atomic E-state index is 0.0126. The van der Waals surface area contributed by atoms with Gasteiger partial charge in [-0.1, -0.05) is 6.08 Å². The number of carbonyl (C=O) groups excluding carboxylic acids is 5. The molecule has 0 spiro atoms. The number of allylic oxidation sites excluding steroid dienone is 1. The fraction of sp³-hybridized carbons (Fsp3) is 0.517. The van der Waals surface area contributed by atoms with Crippen LogP contribution < -0.4 is 21.3 Å². The van der Waals surface area contributed by atoms with Gasteiger partial charge in [-0.25, -0.2) is 19.3 Å². The maximum Gasteiger partial charge on any atom is 0.303 e. The minimum Gasteiger partial charge on any atom is -0.756 e. The van der Waals surface area contributed by atoms with Gasteiger partial charge in [0.05, 0.1) is 19.5 Å². The predicted octanol–water partition coefficient (Wildman–Crippen LogP) is -1.67. The molecule has 4 unspecified atom stereocenters. The lowest BCUT2D eigenvalue weighted by Crippen LogP contribution is -2.45. The summed E-state index contributed by atoms with van der Waals surface area (Å²) in [6, 6.07) is 0. The van der Waals surface area contributed by atoms with Crippen molar-refractivity contribution in [3.05, 3.63) is 36.7 Å². The first kappa shape index (κ1) is 42.3.